The van der Waals surface area contributed by atoms with E-state index >= 15 is 0 Å². The van der Waals surface area contributed by atoms with E-state index in [0.717, 1.165) is 18.7 Å². The molecule has 1 N–H and O–H groups in total. The van der Waals surface area contributed by atoms with Gasteiger partial charge in [-0.1, -0.05) is 20.3 Å². The van der Waals surface area contributed by atoms with Crippen molar-refractivity contribution in [1.82, 2.24) is 5.32 Å². The molecule has 0 amide bonds. The van der Waals surface area contributed by atoms with Gasteiger partial charge >= 0.3 is 0 Å². The number of nitrogens with one attached hydrogen (secondary N) is 1. The average molecular weight is 239 g/mol. The van der Waals surface area contributed by atoms with Crippen LogP contribution in [-0.4, -0.2) is 24.8 Å². The average Bonchev–Trinajstić information content (AvgIpc) is 2.37. The lowest BCUT2D eigenvalue weighted by Crippen LogP contribution is -2.49. The molecule has 1 atom stereocenters. The summed E-state index contributed by atoms with van der Waals surface area (Å²) >= 11 is 0. The molecule has 2 aliphatic rings. The van der Waals surface area contributed by atoms with E-state index in [0.29, 0.717) is 11.5 Å². The van der Waals surface area contributed by atoms with Crippen LogP contribution >= 0.6 is 0 Å². The Morgan fingerprint density at radius 3 is 2.59 bits per heavy atom. The molecule has 0 bridgehead atoms. The minimum Gasteiger partial charge on any atom is -0.378 e. The quantitative estimate of drug-likeness (QED) is 0.758. The second-order valence-electron chi connectivity index (χ2n) is 6.70. The molecule has 0 spiro atoms. The van der Waals surface area contributed by atoms with Crippen LogP contribution in [0, 0.1) is 5.41 Å². The van der Waals surface area contributed by atoms with E-state index in [9.17, 15) is 0 Å². The molecule has 2 heteroatoms. The first-order chi connectivity index (χ1) is 8.09. The Balaban J connectivity index is 1.67. The van der Waals surface area contributed by atoms with Crippen molar-refractivity contribution in [3.05, 3.63) is 0 Å². The first-order valence-corrected chi connectivity index (χ1v) is 7.47. The van der Waals surface area contributed by atoms with Crippen molar-refractivity contribution in [2.75, 3.05) is 6.61 Å². The van der Waals surface area contributed by atoms with Crippen molar-refractivity contribution in [2.24, 2.45) is 5.41 Å². The molecule has 0 radical (unpaired) electrons. The van der Waals surface area contributed by atoms with Crippen molar-refractivity contribution >= 4 is 0 Å². The molecular weight excluding hydrogens is 210 g/mol. The van der Waals surface area contributed by atoms with Gasteiger partial charge in [0.1, 0.15) is 0 Å². The van der Waals surface area contributed by atoms with E-state index in [-0.39, 0.29) is 0 Å². The van der Waals surface area contributed by atoms with Gasteiger partial charge in [-0.25, -0.2) is 0 Å². The van der Waals surface area contributed by atoms with E-state index in [1.54, 1.807) is 0 Å². The second kappa shape index (κ2) is 5.71. The summed E-state index contributed by atoms with van der Waals surface area (Å²) in [5.41, 5.74) is 0.573. The molecule has 0 aromatic rings. The molecule has 1 unspecified atom stereocenters. The lowest BCUT2D eigenvalue weighted by atomic mass is 9.85. The maximum atomic E-state index is 5.61. The molecule has 0 saturated heterocycles. The van der Waals surface area contributed by atoms with Crippen LogP contribution in [0.15, 0.2) is 0 Å². The molecule has 2 aliphatic carbocycles. The third-order valence-corrected chi connectivity index (χ3v) is 4.54. The van der Waals surface area contributed by atoms with Gasteiger partial charge in [0.25, 0.3) is 0 Å². The minimum atomic E-state index is 0.541. The predicted molar refractivity (Wildman–Crippen MR) is 72.2 cm³/mol. The maximum absolute atomic E-state index is 5.61. The fraction of sp³-hybridized carbons (Fsp3) is 1.00. The molecule has 2 saturated carbocycles. The van der Waals surface area contributed by atoms with Crippen molar-refractivity contribution in [3.8, 4) is 0 Å². The van der Waals surface area contributed by atoms with Crippen LogP contribution in [0.5, 0.6) is 0 Å². The van der Waals surface area contributed by atoms with Gasteiger partial charge in [-0.3, -0.25) is 0 Å². The van der Waals surface area contributed by atoms with E-state index in [2.05, 4.69) is 26.1 Å². The molecule has 0 aromatic heterocycles. The summed E-state index contributed by atoms with van der Waals surface area (Å²) in [5.74, 6) is 0. The van der Waals surface area contributed by atoms with Gasteiger partial charge in [0.15, 0.2) is 0 Å². The molecule has 2 nitrogen and oxygen atoms in total. The van der Waals surface area contributed by atoms with Gasteiger partial charge in [-0.2, -0.15) is 0 Å². The zero-order chi connectivity index (χ0) is 12.3. The first-order valence-electron chi connectivity index (χ1n) is 7.47. The van der Waals surface area contributed by atoms with Crippen molar-refractivity contribution < 1.29 is 4.74 Å². The number of hydrogen-bond acceptors (Lipinski definition) is 2. The van der Waals surface area contributed by atoms with Gasteiger partial charge in [0.05, 0.1) is 6.10 Å². The third kappa shape index (κ3) is 3.96. The van der Waals surface area contributed by atoms with Gasteiger partial charge in [-0.05, 0) is 50.9 Å². The molecule has 100 valence electrons. The predicted octanol–water partition coefficient (Wildman–Crippen LogP) is 3.50. The van der Waals surface area contributed by atoms with Crippen LogP contribution in [0.1, 0.15) is 65.7 Å². The Labute approximate surface area is 107 Å². The Kier molecular flexibility index (Phi) is 4.48. The van der Waals surface area contributed by atoms with E-state index in [1.165, 1.54) is 44.9 Å². The lowest BCUT2D eigenvalue weighted by molar-refractivity contribution is -0.0128. The minimum absolute atomic E-state index is 0.541. The number of rotatable bonds is 4. The second-order valence-corrected chi connectivity index (χ2v) is 6.70. The SMILES string of the molecule is CCOC1CC(NC2CCCC(C)(C)CC2)C1. The smallest absolute Gasteiger partial charge is 0.0604 e. The number of hydrogen-bond donors (Lipinski definition) is 1. The van der Waals surface area contributed by atoms with E-state index in [4.69, 9.17) is 4.74 Å². The normalized spacial score (nSPS) is 37.2. The van der Waals surface area contributed by atoms with Crippen LogP contribution in [0.3, 0.4) is 0 Å². The van der Waals surface area contributed by atoms with E-state index < -0.39 is 0 Å². The standard InChI is InChI=1S/C15H29NO/c1-4-17-14-10-13(11-14)16-12-6-5-8-15(2,3)9-7-12/h12-14,16H,4-11H2,1-3H3. The van der Waals surface area contributed by atoms with Crippen LogP contribution in [0.4, 0.5) is 0 Å². The highest BCUT2D eigenvalue weighted by Gasteiger charge is 2.32. The fourth-order valence-corrected chi connectivity index (χ4v) is 3.23. The fourth-order valence-electron chi connectivity index (χ4n) is 3.23. The topological polar surface area (TPSA) is 21.3 Å². The molecule has 0 aliphatic heterocycles. The van der Waals surface area contributed by atoms with Crippen LogP contribution in [0.2, 0.25) is 0 Å². The Bertz CT molecular complexity index is 233. The summed E-state index contributed by atoms with van der Waals surface area (Å²) in [6, 6.07) is 1.50. The lowest BCUT2D eigenvalue weighted by Gasteiger charge is -2.38. The Morgan fingerprint density at radius 2 is 1.88 bits per heavy atom. The molecule has 0 aromatic carbocycles. The molecule has 0 heterocycles. The van der Waals surface area contributed by atoms with Crippen LogP contribution < -0.4 is 5.32 Å². The molecule has 2 rings (SSSR count). The Morgan fingerprint density at radius 1 is 1.12 bits per heavy atom. The summed E-state index contributed by atoms with van der Waals surface area (Å²) in [7, 11) is 0. The summed E-state index contributed by atoms with van der Waals surface area (Å²) in [5, 5.41) is 3.84. The summed E-state index contributed by atoms with van der Waals surface area (Å²) in [6.07, 6.45) is 9.92. The van der Waals surface area contributed by atoms with Crippen LogP contribution in [0.25, 0.3) is 0 Å². The van der Waals surface area contributed by atoms with Gasteiger partial charge in [-0.15, -0.1) is 0 Å². The zero-order valence-electron chi connectivity index (χ0n) is 11.8. The van der Waals surface area contributed by atoms with Crippen LogP contribution in [-0.2, 0) is 4.74 Å². The zero-order valence-corrected chi connectivity index (χ0v) is 11.8. The third-order valence-electron chi connectivity index (χ3n) is 4.54. The Hall–Kier alpha value is -0.0800. The maximum Gasteiger partial charge on any atom is 0.0604 e. The summed E-state index contributed by atoms with van der Waals surface area (Å²) in [6.45, 7) is 7.80. The molecule has 2 fully saturated rings. The molecular formula is C15H29NO. The summed E-state index contributed by atoms with van der Waals surface area (Å²) in [4.78, 5) is 0. The summed E-state index contributed by atoms with van der Waals surface area (Å²) < 4.78 is 5.61. The van der Waals surface area contributed by atoms with Crippen molar-refractivity contribution in [3.63, 3.8) is 0 Å². The van der Waals surface area contributed by atoms with Gasteiger partial charge in [0, 0.05) is 18.7 Å². The van der Waals surface area contributed by atoms with Crippen molar-refractivity contribution in [1.29, 1.82) is 0 Å². The highest BCUT2D eigenvalue weighted by atomic mass is 16.5. The molecule has 17 heavy (non-hydrogen) atoms. The van der Waals surface area contributed by atoms with Gasteiger partial charge < -0.3 is 10.1 Å². The van der Waals surface area contributed by atoms with Gasteiger partial charge in [0.2, 0.25) is 0 Å². The monoisotopic (exact) mass is 239 g/mol. The number of ether oxygens (including phenoxy) is 1. The highest BCUT2D eigenvalue weighted by molar-refractivity contribution is 4.89. The van der Waals surface area contributed by atoms with Crippen molar-refractivity contribution in [2.45, 2.75) is 83.9 Å². The van der Waals surface area contributed by atoms with E-state index in [1.807, 2.05) is 0 Å². The largest absolute Gasteiger partial charge is 0.378 e. The first kappa shape index (κ1) is 13.4. The highest BCUT2D eigenvalue weighted by Crippen LogP contribution is 2.34.